The van der Waals surface area contributed by atoms with E-state index in [0.29, 0.717) is 5.35 Å². The predicted octanol–water partition coefficient (Wildman–Crippen LogP) is 0.612. The number of piperidine rings is 1. The average molecular weight is 331 g/mol. The first-order valence-electron chi connectivity index (χ1n) is 7.66. The van der Waals surface area contributed by atoms with Crippen LogP contribution in [0.15, 0.2) is 23.0 Å². The summed E-state index contributed by atoms with van der Waals surface area (Å²) in [6, 6.07) is 6.11. The van der Waals surface area contributed by atoms with Crippen LogP contribution in [0.5, 0.6) is 5.75 Å². The van der Waals surface area contributed by atoms with Gasteiger partial charge in [0.1, 0.15) is 5.75 Å². The third-order valence-corrected chi connectivity index (χ3v) is 4.94. The van der Waals surface area contributed by atoms with E-state index in [0.717, 1.165) is 47.5 Å². The molecule has 1 aliphatic heterocycles. The van der Waals surface area contributed by atoms with Crippen LogP contribution in [0.1, 0.15) is 18.4 Å². The normalized spacial score (nSPS) is 19.1. The number of hydrogen-bond donors (Lipinski definition) is 2. The molecule has 0 aliphatic carbocycles. The van der Waals surface area contributed by atoms with Crippen molar-refractivity contribution in [3.05, 3.63) is 43.3 Å². The molecule has 0 spiro atoms. The highest BCUT2D eigenvalue weighted by molar-refractivity contribution is 7.07. The maximum atomic E-state index is 11.5. The van der Waals surface area contributed by atoms with Crippen molar-refractivity contribution in [1.82, 2.24) is 4.98 Å². The molecule has 1 aromatic carbocycles. The first-order valence-corrected chi connectivity index (χ1v) is 8.47. The fourth-order valence-corrected chi connectivity index (χ4v) is 3.74. The Labute approximate surface area is 138 Å². The van der Waals surface area contributed by atoms with Crippen molar-refractivity contribution in [1.29, 1.82) is 0 Å². The van der Waals surface area contributed by atoms with Gasteiger partial charge in [-0.25, -0.2) is 0 Å². The second-order valence-electron chi connectivity index (χ2n) is 5.75. The lowest BCUT2D eigenvalue weighted by Gasteiger charge is -2.34. The molecule has 1 fully saturated rings. The molecule has 122 valence electrons. The highest BCUT2D eigenvalue weighted by Crippen LogP contribution is 2.34. The minimum Gasteiger partial charge on any atom is -0.495 e. The van der Waals surface area contributed by atoms with Crippen molar-refractivity contribution in [2.24, 2.45) is 5.73 Å². The van der Waals surface area contributed by atoms with Gasteiger partial charge in [-0.1, -0.05) is 30.0 Å². The maximum absolute atomic E-state index is 11.5. The number of aromatic amines is 1. The van der Waals surface area contributed by atoms with E-state index < -0.39 is 0 Å². The second kappa shape index (κ2) is 6.60. The minimum atomic E-state index is -0.0920. The molecule has 5 nitrogen and oxygen atoms in total. The Hall–Kier alpha value is -2.05. The number of anilines is 1. The number of nitrogens with two attached hydrogens (primary N) is 1. The number of para-hydroxylation sites is 1. The minimum absolute atomic E-state index is 0.0920. The van der Waals surface area contributed by atoms with E-state index in [-0.39, 0.29) is 10.9 Å². The molecule has 0 bridgehead atoms. The summed E-state index contributed by atoms with van der Waals surface area (Å²) in [7, 11) is 1.67. The highest BCUT2D eigenvalue weighted by atomic mass is 32.1. The molecule has 2 aromatic rings. The molecule has 0 amide bonds. The molecule has 3 rings (SSSR count). The highest BCUT2D eigenvalue weighted by Gasteiger charge is 2.21. The molecule has 1 aromatic heterocycles. The van der Waals surface area contributed by atoms with Gasteiger partial charge in [0.15, 0.2) is 0 Å². The van der Waals surface area contributed by atoms with Crippen LogP contribution in [-0.2, 0) is 0 Å². The number of methoxy groups -OCH3 is 1. The summed E-state index contributed by atoms with van der Waals surface area (Å²) in [4.78, 5) is 16.4. The number of hydrogen-bond acceptors (Lipinski definition) is 5. The van der Waals surface area contributed by atoms with Crippen LogP contribution >= 0.6 is 11.3 Å². The van der Waals surface area contributed by atoms with Crippen molar-refractivity contribution in [2.75, 3.05) is 25.1 Å². The molecule has 1 aliphatic rings. The number of H-pyrrole nitrogens is 1. The van der Waals surface area contributed by atoms with Gasteiger partial charge >= 0.3 is 4.87 Å². The van der Waals surface area contributed by atoms with Gasteiger partial charge in [-0.2, -0.15) is 0 Å². The lowest BCUT2D eigenvalue weighted by molar-refractivity contribution is 0.410. The van der Waals surface area contributed by atoms with E-state index >= 15 is 0 Å². The first kappa shape index (κ1) is 15.8. The monoisotopic (exact) mass is 331 g/mol. The summed E-state index contributed by atoms with van der Waals surface area (Å²) in [6.45, 7) is 5.65. The van der Waals surface area contributed by atoms with Crippen LogP contribution in [0.3, 0.4) is 0 Å². The topological polar surface area (TPSA) is 71.4 Å². The number of benzene rings is 1. The van der Waals surface area contributed by atoms with E-state index in [1.54, 1.807) is 7.11 Å². The van der Waals surface area contributed by atoms with E-state index in [1.807, 2.05) is 24.3 Å². The smallest absolute Gasteiger partial charge is 0.305 e. The van der Waals surface area contributed by atoms with E-state index in [2.05, 4.69) is 16.5 Å². The molecule has 23 heavy (non-hydrogen) atoms. The van der Waals surface area contributed by atoms with Crippen molar-refractivity contribution >= 4 is 29.7 Å². The standard InChI is InChI=1S/C17H21N3O2S/c1-11-15(23-17(21)19-11)9-12-5-3-7-14(22-2)16(12)20-8-4-6-13(18)10-20/h3,5,7,9,13H,1,4,6,8,10,18H2,2H3,(H,19,21)/b15-9-/t13-/m1/s1. The Balaban J connectivity index is 2.14. The molecule has 3 N–H and O–H groups in total. The van der Waals surface area contributed by atoms with Crippen molar-refractivity contribution in [3.63, 3.8) is 0 Å². The lowest BCUT2D eigenvalue weighted by Crippen LogP contribution is -2.43. The molecular weight excluding hydrogens is 310 g/mol. The first-order chi connectivity index (χ1) is 11.1. The van der Waals surface area contributed by atoms with Gasteiger partial charge in [0.2, 0.25) is 0 Å². The Morgan fingerprint density at radius 2 is 2.35 bits per heavy atom. The quantitative estimate of drug-likeness (QED) is 0.865. The predicted molar refractivity (Wildman–Crippen MR) is 95.7 cm³/mol. The Morgan fingerprint density at radius 3 is 3.00 bits per heavy atom. The van der Waals surface area contributed by atoms with Crippen LogP contribution in [-0.4, -0.2) is 31.2 Å². The van der Waals surface area contributed by atoms with Gasteiger partial charge in [0.25, 0.3) is 0 Å². The molecule has 0 unspecified atom stereocenters. The molecular formula is C17H21N3O2S. The molecule has 2 heterocycles. The average Bonchev–Trinajstić information content (AvgIpc) is 2.84. The largest absolute Gasteiger partial charge is 0.495 e. The lowest BCUT2D eigenvalue weighted by atomic mass is 10.0. The van der Waals surface area contributed by atoms with Gasteiger partial charge in [-0.3, -0.25) is 4.79 Å². The summed E-state index contributed by atoms with van der Waals surface area (Å²) in [5.41, 5.74) is 8.18. The van der Waals surface area contributed by atoms with Crippen LogP contribution < -0.4 is 30.1 Å². The van der Waals surface area contributed by atoms with Crippen LogP contribution in [0.2, 0.25) is 0 Å². The van der Waals surface area contributed by atoms with Crippen molar-refractivity contribution < 1.29 is 4.74 Å². The third-order valence-electron chi connectivity index (χ3n) is 4.06. The van der Waals surface area contributed by atoms with E-state index in [4.69, 9.17) is 10.5 Å². The van der Waals surface area contributed by atoms with E-state index in [9.17, 15) is 4.79 Å². The third kappa shape index (κ3) is 3.33. The van der Waals surface area contributed by atoms with E-state index in [1.165, 1.54) is 11.3 Å². The Kier molecular flexibility index (Phi) is 4.54. The maximum Gasteiger partial charge on any atom is 0.305 e. The zero-order chi connectivity index (χ0) is 16.4. The fourth-order valence-electron chi connectivity index (χ4n) is 3.00. The summed E-state index contributed by atoms with van der Waals surface area (Å²) >= 11 is 1.17. The molecule has 6 heteroatoms. The second-order valence-corrected chi connectivity index (χ2v) is 6.76. The number of nitrogens with one attached hydrogen (secondary N) is 1. The van der Waals surface area contributed by atoms with Gasteiger partial charge in [-0.05, 0) is 25.0 Å². The van der Waals surface area contributed by atoms with Crippen LogP contribution in [0.4, 0.5) is 5.69 Å². The van der Waals surface area contributed by atoms with Gasteiger partial charge in [0, 0.05) is 24.7 Å². The zero-order valence-corrected chi connectivity index (χ0v) is 14.0. The number of ether oxygens (including phenoxy) is 1. The summed E-state index contributed by atoms with van der Waals surface area (Å²) in [5.74, 6) is 0.821. The van der Waals surface area contributed by atoms with Crippen molar-refractivity contribution in [2.45, 2.75) is 18.9 Å². The van der Waals surface area contributed by atoms with Gasteiger partial charge < -0.3 is 20.4 Å². The molecule has 0 radical (unpaired) electrons. The fraction of sp³-hybridized carbons (Fsp3) is 0.353. The zero-order valence-electron chi connectivity index (χ0n) is 13.2. The molecule has 1 atom stereocenters. The number of nitrogens with zero attached hydrogens (tertiary/aromatic N) is 1. The van der Waals surface area contributed by atoms with Gasteiger partial charge in [0.05, 0.1) is 22.7 Å². The van der Waals surface area contributed by atoms with Crippen LogP contribution in [0.25, 0.3) is 12.7 Å². The molecule has 1 saturated heterocycles. The number of aromatic nitrogens is 1. The summed E-state index contributed by atoms with van der Waals surface area (Å²) < 4.78 is 6.40. The Morgan fingerprint density at radius 1 is 1.52 bits per heavy atom. The number of thiazole rings is 1. The summed E-state index contributed by atoms with van der Waals surface area (Å²) in [6.07, 6.45) is 4.10. The Bertz CT molecular complexity index is 855. The van der Waals surface area contributed by atoms with Crippen LogP contribution in [0, 0.1) is 0 Å². The number of rotatable bonds is 3. The summed E-state index contributed by atoms with van der Waals surface area (Å²) in [5, 5.41) is 0.643. The SMILES string of the molecule is C=c1[nH]c(=O)s/c1=C\c1cccc(OC)c1N1CCC[C@@H](N)C1. The molecule has 0 saturated carbocycles. The van der Waals surface area contributed by atoms with Gasteiger partial charge in [-0.15, -0.1) is 0 Å². The van der Waals surface area contributed by atoms with Crippen molar-refractivity contribution in [3.8, 4) is 5.75 Å².